The highest BCUT2D eigenvalue weighted by molar-refractivity contribution is 7.67. The van der Waals surface area contributed by atoms with E-state index >= 15 is 0 Å². The van der Waals surface area contributed by atoms with E-state index in [1.165, 1.54) is 26.0 Å². The molecule has 88 valence electrons. The highest BCUT2D eigenvalue weighted by Gasteiger charge is 2.15. The highest BCUT2D eigenvalue weighted by atomic mass is 32.2. The number of thiol groups is 1. The number of hydrogen-bond donors (Lipinski definition) is 1. The van der Waals surface area contributed by atoms with Gasteiger partial charge in [-0.25, -0.2) is 13.4 Å². The lowest BCUT2D eigenvalue weighted by Gasteiger charge is -2.07. The van der Waals surface area contributed by atoms with Gasteiger partial charge in [0.15, 0.2) is 0 Å². The summed E-state index contributed by atoms with van der Waals surface area (Å²) in [6.07, 6.45) is -0.749. The summed E-state index contributed by atoms with van der Waals surface area (Å²) in [5.41, 5.74) is 0.448. The smallest absolute Gasteiger partial charge is 0.263 e. The quantitative estimate of drug-likeness (QED) is 0.481. The molecule has 0 saturated carbocycles. The van der Waals surface area contributed by atoms with Gasteiger partial charge in [-0.2, -0.15) is 0 Å². The van der Waals surface area contributed by atoms with Crippen LogP contribution in [0.3, 0.4) is 0 Å². The Bertz CT molecular complexity index is 477. The van der Waals surface area contributed by atoms with E-state index in [2.05, 4.69) is 9.17 Å². The Morgan fingerprint density at radius 1 is 1.50 bits per heavy atom. The van der Waals surface area contributed by atoms with Crippen LogP contribution in [-0.4, -0.2) is 18.3 Å². The Morgan fingerprint density at radius 3 is 2.56 bits per heavy atom. The first kappa shape index (κ1) is 12.5. The minimum absolute atomic E-state index is 0.109. The molecule has 0 aliphatic heterocycles. The fraction of sp³-hybridized carbons (Fsp3) is 0.375. The van der Waals surface area contributed by atoms with E-state index in [1.807, 2.05) is 0 Å². The standard InChI is InChI=1S/C8H10N2O5S/c1-5-8(10(11)12)4-3-7(9-5)6(2)15-16(13)14/h3-4,6,16H,1-2H3. The van der Waals surface area contributed by atoms with Crippen molar-refractivity contribution in [1.29, 1.82) is 0 Å². The Balaban J connectivity index is 3.01. The van der Waals surface area contributed by atoms with Crippen LogP contribution in [0.2, 0.25) is 0 Å². The van der Waals surface area contributed by atoms with Gasteiger partial charge in [0.05, 0.1) is 10.6 Å². The van der Waals surface area contributed by atoms with Crippen LogP contribution in [0.25, 0.3) is 0 Å². The van der Waals surface area contributed by atoms with Crippen LogP contribution in [0.1, 0.15) is 24.4 Å². The zero-order valence-corrected chi connectivity index (χ0v) is 9.51. The van der Waals surface area contributed by atoms with Gasteiger partial charge in [0.2, 0.25) is 0 Å². The van der Waals surface area contributed by atoms with Gasteiger partial charge in [0.1, 0.15) is 11.8 Å². The van der Waals surface area contributed by atoms with E-state index in [1.54, 1.807) is 0 Å². The van der Waals surface area contributed by atoms with Crippen molar-refractivity contribution in [2.24, 2.45) is 0 Å². The zero-order valence-electron chi connectivity index (χ0n) is 8.61. The molecule has 1 rings (SSSR count). The Hall–Kier alpha value is -1.54. The first-order valence-corrected chi connectivity index (χ1v) is 5.44. The molecule has 0 radical (unpaired) electrons. The average molecular weight is 246 g/mol. The maximum Gasteiger partial charge on any atom is 0.290 e. The number of hydrogen-bond acceptors (Lipinski definition) is 6. The number of nitrogens with zero attached hydrogens (tertiary/aromatic N) is 2. The van der Waals surface area contributed by atoms with Crippen molar-refractivity contribution in [1.82, 2.24) is 4.98 Å². The second-order valence-electron chi connectivity index (χ2n) is 3.07. The van der Waals surface area contributed by atoms with Crippen LogP contribution < -0.4 is 0 Å². The fourth-order valence-electron chi connectivity index (χ4n) is 1.18. The van der Waals surface area contributed by atoms with Crippen LogP contribution in [0, 0.1) is 17.0 Å². The topological polar surface area (TPSA) is 99.4 Å². The molecular weight excluding hydrogens is 236 g/mol. The molecule has 0 aromatic carbocycles. The van der Waals surface area contributed by atoms with Crippen molar-refractivity contribution in [3.05, 3.63) is 33.6 Å². The molecule has 16 heavy (non-hydrogen) atoms. The third-order valence-electron chi connectivity index (χ3n) is 1.94. The maximum atomic E-state index is 10.5. The van der Waals surface area contributed by atoms with Gasteiger partial charge in [0, 0.05) is 6.07 Å². The van der Waals surface area contributed by atoms with E-state index in [9.17, 15) is 18.5 Å². The number of pyridine rings is 1. The maximum absolute atomic E-state index is 10.5. The summed E-state index contributed by atoms with van der Waals surface area (Å²) in [5.74, 6) is 0. The molecule has 1 aromatic rings. The van der Waals surface area contributed by atoms with Crippen molar-refractivity contribution >= 4 is 16.7 Å². The highest BCUT2D eigenvalue weighted by Crippen LogP contribution is 2.20. The lowest BCUT2D eigenvalue weighted by atomic mass is 10.2. The molecule has 0 fully saturated rings. The molecule has 0 bridgehead atoms. The largest absolute Gasteiger partial charge is 0.290 e. The van der Waals surface area contributed by atoms with E-state index in [0.29, 0.717) is 5.69 Å². The first-order valence-electron chi connectivity index (χ1n) is 4.35. The molecule has 8 heteroatoms. The van der Waals surface area contributed by atoms with Gasteiger partial charge in [-0.05, 0) is 19.9 Å². The van der Waals surface area contributed by atoms with Crippen molar-refractivity contribution in [2.45, 2.75) is 20.0 Å². The summed E-state index contributed by atoms with van der Waals surface area (Å²) < 4.78 is 25.2. The van der Waals surface area contributed by atoms with Crippen molar-refractivity contribution in [3.63, 3.8) is 0 Å². The average Bonchev–Trinajstić information content (AvgIpc) is 2.15. The molecular formula is C8H10N2O5S. The second kappa shape index (κ2) is 4.99. The van der Waals surface area contributed by atoms with Gasteiger partial charge in [-0.3, -0.25) is 14.3 Å². The van der Waals surface area contributed by atoms with Crippen LogP contribution in [-0.2, 0) is 15.2 Å². The lowest BCUT2D eigenvalue weighted by Crippen LogP contribution is -2.04. The monoisotopic (exact) mass is 246 g/mol. The van der Waals surface area contributed by atoms with E-state index in [4.69, 9.17) is 0 Å². The fourth-order valence-corrected chi connectivity index (χ4v) is 1.54. The summed E-state index contributed by atoms with van der Waals surface area (Å²) in [4.78, 5) is 13.9. The van der Waals surface area contributed by atoms with Gasteiger partial charge >= 0.3 is 0 Å². The third kappa shape index (κ3) is 2.97. The minimum atomic E-state index is -2.97. The van der Waals surface area contributed by atoms with Gasteiger partial charge < -0.3 is 0 Å². The van der Waals surface area contributed by atoms with Crippen LogP contribution >= 0.6 is 0 Å². The number of rotatable bonds is 4. The Kier molecular flexibility index (Phi) is 3.91. The number of nitro groups is 1. The molecule has 1 heterocycles. The minimum Gasteiger partial charge on any atom is -0.263 e. The molecule has 0 amide bonds. The van der Waals surface area contributed by atoms with Crippen molar-refractivity contribution < 1.29 is 17.5 Å². The van der Waals surface area contributed by atoms with E-state index < -0.39 is 22.0 Å². The molecule has 7 nitrogen and oxygen atoms in total. The SMILES string of the molecule is Cc1nc(C(C)O[SH](=O)=O)ccc1[N+](=O)[O-]. The van der Waals surface area contributed by atoms with Gasteiger partial charge in [-0.15, -0.1) is 0 Å². The summed E-state index contributed by atoms with van der Waals surface area (Å²) in [7, 11) is -2.97. The molecule has 0 saturated heterocycles. The van der Waals surface area contributed by atoms with Crippen LogP contribution in [0.15, 0.2) is 12.1 Å². The second-order valence-corrected chi connectivity index (χ2v) is 3.73. The molecule has 0 aliphatic rings. The lowest BCUT2D eigenvalue weighted by molar-refractivity contribution is -0.385. The van der Waals surface area contributed by atoms with Crippen LogP contribution in [0.5, 0.6) is 0 Å². The summed E-state index contributed by atoms with van der Waals surface area (Å²) in [5, 5.41) is 10.5. The van der Waals surface area contributed by atoms with Crippen molar-refractivity contribution in [2.75, 3.05) is 0 Å². The molecule has 0 aliphatic carbocycles. The summed E-state index contributed by atoms with van der Waals surface area (Å²) >= 11 is 0. The van der Waals surface area contributed by atoms with Gasteiger partial charge in [0.25, 0.3) is 16.7 Å². The van der Waals surface area contributed by atoms with Gasteiger partial charge in [-0.1, -0.05) is 0 Å². The van der Waals surface area contributed by atoms with E-state index in [0.717, 1.165) is 0 Å². The molecule has 1 atom stereocenters. The third-order valence-corrected chi connectivity index (χ3v) is 2.43. The van der Waals surface area contributed by atoms with Crippen molar-refractivity contribution in [3.8, 4) is 0 Å². The number of aryl methyl sites for hydroxylation is 1. The molecule has 1 aromatic heterocycles. The number of aromatic nitrogens is 1. The molecule has 0 N–H and O–H groups in total. The summed E-state index contributed by atoms with van der Waals surface area (Å²) in [6, 6.07) is 2.64. The predicted molar refractivity (Wildman–Crippen MR) is 55.4 cm³/mol. The van der Waals surface area contributed by atoms with E-state index in [-0.39, 0.29) is 11.4 Å². The summed E-state index contributed by atoms with van der Waals surface area (Å²) in [6.45, 7) is 2.98. The molecule has 0 spiro atoms. The Morgan fingerprint density at radius 2 is 2.12 bits per heavy atom. The Labute approximate surface area is 93.4 Å². The predicted octanol–water partition coefficient (Wildman–Crippen LogP) is 0.902. The zero-order chi connectivity index (χ0) is 12.3. The normalized spacial score (nSPS) is 12.7. The van der Waals surface area contributed by atoms with Crippen LogP contribution in [0.4, 0.5) is 5.69 Å². The first-order chi connectivity index (χ1) is 7.41. The molecule has 1 unspecified atom stereocenters.